The number of benzodiazepines with no additional fused rings is 1. The average Bonchev–Trinajstić information content (AvgIpc) is 2.99. The molecule has 1 aliphatic heterocycles. The molecule has 5 rings (SSSR count). The summed E-state index contributed by atoms with van der Waals surface area (Å²) in [5, 5.41) is 0.598. The zero-order valence-electron chi connectivity index (χ0n) is 20.3. The molecule has 0 radical (unpaired) electrons. The first-order valence-corrected chi connectivity index (χ1v) is 12.3. The monoisotopic (exact) mass is 494 g/mol. The molecule has 0 saturated carbocycles. The third-order valence-corrected chi connectivity index (χ3v) is 6.74. The summed E-state index contributed by atoms with van der Waals surface area (Å²) in [5.41, 5.74) is 4.36. The van der Waals surface area contributed by atoms with Crippen molar-refractivity contribution in [3.05, 3.63) is 130 Å². The predicted octanol–water partition coefficient (Wildman–Crippen LogP) is 6.73. The quantitative estimate of drug-likeness (QED) is 0.298. The molecule has 0 N–H and O–H groups in total. The lowest BCUT2D eigenvalue weighted by Gasteiger charge is -2.31. The highest BCUT2D eigenvalue weighted by atomic mass is 35.5. The van der Waals surface area contributed by atoms with E-state index in [0.29, 0.717) is 18.0 Å². The molecule has 1 amide bonds. The average molecular weight is 495 g/mol. The van der Waals surface area contributed by atoms with Gasteiger partial charge in [-0.15, -0.1) is 0 Å². The fourth-order valence-corrected chi connectivity index (χ4v) is 4.86. The first-order valence-electron chi connectivity index (χ1n) is 11.9. The van der Waals surface area contributed by atoms with Crippen molar-refractivity contribution in [2.75, 3.05) is 12.0 Å². The summed E-state index contributed by atoms with van der Waals surface area (Å²) >= 11 is 6.49. The molecule has 4 nitrogen and oxygen atoms in total. The summed E-state index contributed by atoms with van der Waals surface area (Å²) in [6, 6.07) is 33.5. The largest absolute Gasteiger partial charge is 0.497 e. The molecule has 180 valence electrons. The second-order valence-electron chi connectivity index (χ2n) is 9.16. The number of hydrogen-bond acceptors (Lipinski definition) is 3. The van der Waals surface area contributed by atoms with Crippen molar-refractivity contribution in [2.45, 2.75) is 25.4 Å². The number of anilines is 1. The molecule has 0 aromatic heterocycles. The Morgan fingerprint density at radius 2 is 1.53 bits per heavy atom. The van der Waals surface area contributed by atoms with Crippen LogP contribution in [0, 0.1) is 0 Å². The number of fused-ring (bicyclic) bond motifs is 1. The molecule has 1 aliphatic rings. The van der Waals surface area contributed by atoms with E-state index in [4.69, 9.17) is 21.3 Å². The molecule has 0 unspecified atom stereocenters. The van der Waals surface area contributed by atoms with Crippen LogP contribution in [-0.2, 0) is 17.8 Å². The van der Waals surface area contributed by atoms with Gasteiger partial charge >= 0.3 is 0 Å². The van der Waals surface area contributed by atoms with Gasteiger partial charge in [0.25, 0.3) is 5.91 Å². The van der Waals surface area contributed by atoms with E-state index < -0.39 is 5.54 Å². The number of carbonyl (C=O) groups excluding carboxylic acids is 1. The smallest absolute Gasteiger partial charge is 0.255 e. The lowest BCUT2D eigenvalue weighted by Crippen LogP contribution is -2.46. The van der Waals surface area contributed by atoms with E-state index in [2.05, 4.69) is 0 Å². The van der Waals surface area contributed by atoms with Gasteiger partial charge in [-0.1, -0.05) is 84.4 Å². The Balaban J connectivity index is 1.69. The molecular formula is C31H27ClN2O2. The van der Waals surface area contributed by atoms with E-state index in [1.54, 1.807) is 7.11 Å². The first kappa shape index (κ1) is 23.8. The van der Waals surface area contributed by atoms with E-state index in [0.717, 1.165) is 39.4 Å². The van der Waals surface area contributed by atoms with Gasteiger partial charge in [0.2, 0.25) is 0 Å². The van der Waals surface area contributed by atoms with Crippen LogP contribution in [0.3, 0.4) is 0 Å². The van der Waals surface area contributed by atoms with Crippen LogP contribution < -0.4 is 9.64 Å². The SMILES string of the molecule is COc1ccc(CN2C(=O)[C@@](C)(Cc3ccccc3)N=C(c3ccccc3)c3cc(Cl)ccc32)cc1. The van der Waals surface area contributed by atoms with Crippen LogP contribution in [0.1, 0.15) is 29.2 Å². The standard InChI is InChI=1S/C31H27ClN2O2/c1-31(20-22-9-5-3-6-10-22)30(35)34(21-23-13-16-26(36-2)17-14-23)28-18-15-25(32)19-27(28)29(33-31)24-11-7-4-8-12-24/h3-19H,20-21H2,1-2H3/t31-/m1/s1. The maximum absolute atomic E-state index is 14.4. The van der Waals surface area contributed by atoms with Gasteiger partial charge < -0.3 is 9.64 Å². The number of hydrogen-bond donors (Lipinski definition) is 0. The van der Waals surface area contributed by atoms with Gasteiger partial charge in [0, 0.05) is 22.6 Å². The third kappa shape index (κ3) is 4.77. The highest BCUT2D eigenvalue weighted by Crippen LogP contribution is 2.36. The number of carbonyl (C=O) groups is 1. The fraction of sp³-hybridized carbons (Fsp3) is 0.161. The van der Waals surface area contributed by atoms with Crippen molar-refractivity contribution in [3.63, 3.8) is 0 Å². The summed E-state index contributed by atoms with van der Waals surface area (Å²) in [4.78, 5) is 21.4. The van der Waals surface area contributed by atoms with Crippen molar-refractivity contribution in [1.82, 2.24) is 0 Å². The summed E-state index contributed by atoms with van der Waals surface area (Å²) < 4.78 is 5.32. The highest BCUT2D eigenvalue weighted by Gasteiger charge is 2.41. The van der Waals surface area contributed by atoms with Crippen LogP contribution in [0.25, 0.3) is 0 Å². The molecule has 4 aromatic carbocycles. The van der Waals surface area contributed by atoms with Crippen molar-refractivity contribution >= 4 is 28.9 Å². The molecule has 0 spiro atoms. The normalized spacial score (nSPS) is 17.2. The number of methoxy groups -OCH3 is 1. The molecule has 0 bridgehead atoms. The summed E-state index contributed by atoms with van der Waals surface area (Å²) in [7, 11) is 1.64. The van der Waals surface area contributed by atoms with Gasteiger partial charge in [0.15, 0.2) is 0 Å². The lowest BCUT2D eigenvalue weighted by molar-refractivity contribution is -0.123. The molecule has 1 atom stereocenters. The molecule has 0 aliphatic carbocycles. The molecule has 5 heteroatoms. The minimum absolute atomic E-state index is 0.0586. The van der Waals surface area contributed by atoms with Gasteiger partial charge in [-0.05, 0) is 48.4 Å². The van der Waals surface area contributed by atoms with Crippen LogP contribution >= 0.6 is 11.6 Å². The predicted molar refractivity (Wildman–Crippen MR) is 146 cm³/mol. The van der Waals surface area contributed by atoms with E-state index >= 15 is 0 Å². The summed E-state index contributed by atoms with van der Waals surface area (Å²) in [6.45, 7) is 2.33. The van der Waals surface area contributed by atoms with Crippen LogP contribution in [0.5, 0.6) is 5.75 Å². The Morgan fingerprint density at radius 1 is 0.861 bits per heavy atom. The number of nitrogens with zero attached hydrogens (tertiary/aromatic N) is 2. The molecule has 1 heterocycles. The van der Waals surface area contributed by atoms with Crippen LogP contribution in [-0.4, -0.2) is 24.3 Å². The Bertz CT molecular complexity index is 1400. The Kier molecular flexibility index (Phi) is 6.62. The van der Waals surface area contributed by atoms with Gasteiger partial charge in [-0.3, -0.25) is 9.79 Å². The molecule has 0 saturated heterocycles. The topological polar surface area (TPSA) is 41.9 Å². The van der Waals surface area contributed by atoms with Crippen molar-refractivity contribution < 1.29 is 9.53 Å². The number of benzene rings is 4. The third-order valence-electron chi connectivity index (χ3n) is 6.51. The number of aliphatic imine (C=N–C) groups is 1. The Morgan fingerprint density at radius 3 is 2.19 bits per heavy atom. The second kappa shape index (κ2) is 10.00. The molecule has 4 aromatic rings. The minimum Gasteiger partial charge on any atom is -0.497 e. The molecule has 0 fully saturated rings. The maximum atomic E-state index is 14.4. The Labute approximate surface area is 216 Å². The van der Waals surface area contributed by atoms with E-state index in [1.165, 1.54) is 0 Å². The van der Waals surface area contributed by atoms with Gasteiger partial charge in [-0.25, -0.2) is 0 Å². The van der Waals surface area contributed by atoms with Crippen molar-refractivity contribution in [2.24, 2.45) is 4.99 Å². The highest BCUT2D eigenvalue weighted by molar-refractivity contribution is 6.32. The number of amides is 1. The van der Waals surface area contributed by atoms with Crippen LogP contribution in [0.2, 0.25) is 5.02 Å². The van der Waals surface area contributed by atoms with E-state index in [-0.39, 0.29) is 5.91 Å². The number of ether oxygens (including phenoxy) is 1. The van der Waals surface area contributed by atoms with E-state index in [1.807, 2.05) is 115 Å². The maximum Gasteiger partial charge on any atom is 0.255 e. The summed E-state index contributed by atoms with van der Waals surface area (Å²) in [5.74, 6) is 0.716. The van der Waals surface area contributed by atoms with Gasteiger partial charge in [0.05, 0.1) is 25.1 Å². The molecule has 36 heavy (non-hydrogen) atoms. The van der Waals surface area contributed by atoms with E-state index in [9.17, 15) is 4.79 Å². The second-order valence-corrected chi connectivity index (χ2v) is 9.60. The van der Waals surface area contributed by atoms with Crippen LogP contribution in [0.4, 0.5) is 5.69 Å². The minimum atomic E-state index is -1.02. The zero-order chi connectivity index (χ0) is 25.1. The molecular weight excluding hydrogens is 468 g/mol. The fourth-order valence-electron chi connectivity index (χ4n) is 4.68. The number of rotatable bonds is 6. The Hall–Kier alpha value is -3.89. The lowest BCUT2D eigenvalue weighted by atomic mass is 9.91. The van der Waals surface area contributed by atoms with Crippen molar-refractivity contribution in [1.29, 1.82) is 0 Å². The first-order chi connectivity index (χ1) is 17.5. The summed E-state index contributed by atoms with van der Waals surface area (Å²) in [6.07, 6.45) is 0.476. The number of halogens is 1. The van der Waals surface area contributed by atoms with Gasteiger partial charge in [-0.2, -0.15) is 0 Å². The zero-order valence-corrected chi connectivity index (χ0v) is 21.1. The van der Waals surface area contributed by atoms with Crippen LogP contribution in [0.15, 0.2) is 108 Å². The van der Waals surface area contributed by atoms with Crippen molar-refractivity contribution in [3.8, 4) is 5.75 Å². The van der Waals surface area contributed by atoms with Gasteiger partial charge in [0.1, 0.15) is 11.3 Å².